The van der Waals surface area contributed by atoms with Crippen molar-refractivity contribution >= 4 is 10.9 Å². The van der Waals surface area contributed by atoms with Gasteiger partial charge in [-0.2, -0.15) is 0 Å². The number of ether oxygens (including phenoxy) is 1. The van der Waals surface area contributed by atoms with Crippen molar-refractivity contribution in [3.8, 4) is 5.75 Å². The molecule has 0 amide bonds. The highest BCUT2D eigenvalue weighted by molar-refractivity contribution is 5.86. The average Bonchev–Trinajstić information content (AvgIpc) is 2.68. The second-order valence-electron chi connectivity index (χ2n) is 6.63. The molecule has 0 unspecified atom stereocenters. The topological polar surface area (TPSA) is 37.0 Å². The zero-order valence-corrected chi connectivity index (χ0v) is 13.3. The highest BCUT2D eigenvalue weighted by Crippen LogP contribution is 2.26. The number of nitrogens with one attached hydrogen (secondary N) is 2. The zero-order chi connectivity index (χ0) is 14.8. The average molecular weight is 274 g/mol. The number of aromatic nitrogens is 1. The molecule has 1 aromatic carbocycles. The second-order valence-corrected chi connectivity index (χ2v) is 6.63. The molecule has 0 aliphatic carbocycles. The van der Waals surface area contributed by atoms with Crippen molar-refractivity contribution in [1.82, 2.24) is 10.3 Å². The third-order valence-electron chi connectivity index (χ3n) is 3.53. The van der Waals surface area contributed by atoms with E-state index in [2.05, 4.69) is 50.1 Å². The Balaban J connectivity index is 2.10. The van der Waals surface area contributed by atoms with Crippen molar-refractivity contribution in [1.29, 1.82) is 0 Å². The lowest BCUT2D eigenvalue weighted by atomic mass is 9.97. The van der Waals surface area contributed by atoms with Gasteiger partial charge in [0.25, 0.3) is 0 Å². The lowest BCUT2D eigenvalue weighted by molar-refractivity contribution is 0.382. The van der Waals surface area contributed by atoms with Crippen LogP contribution in [0.15, 0.2) is 18.2 Å². The Kier molecular flexibility index (Phi) is 4.39. The van der Waals surface area contributed by atoms with E-state index in [9.17, 15) is 0 Å². The first kappa shape index (κ1) is 14.9. The fourth-order valence-corrected chi connectivity index (χ4v) is 2.49. The van der Waals surface area contributed by atoms with E-state index in [-0.39, 0.29) is 0 Å². The minimum Gasteiger partial charge on any atom is -0.497 e. The van der Waals surface area contributed by atoms with Gasteiger partial charge in [0.1, 0.15) is 5.75 Å². The van der Waals surface area contributed by atoms with Gasteiger partial charge in [0.2, 0.25) is 0 Å². The number of aromatic amines is 1. The Morgan fingerprint density at radius 1 is 1.25 bits per heavy atom. The molecule has 0 aliphatic heterocycles. The molecule has 0 radical (unpaired) electrons. The van der Waals surface area contributed by atoms with E-state index in [0.717, 1.165) is 25.3 Å². The first-order chi connectivity index (χ1) is 9.40. The van der Waals surface area contributed by atoms with E-state index in [4.69, 9.17) is 4.74 Å². The van der Waals surface area contributed by atoms with Gasteiger partial charge in [-0.05, 0) is 49.1 Å². The summed E-state index contributed by atoms with van der Waals surface area (Å²) in [5.41, 5.74) is 4.17. The molecular weight excluding hydrogens is 248 g/mol. The van der Waals surface area contributed by atoms with Gasteiger partial charge in [0.15, 0.2) is 0 Å². The highest BCUT2D eigenvalue weighted by Gasteiger charge is 2.11. The summed E-state index contributed by atoms with van der Waals surface area (Å²) in [6.07, 6.45) is 1.04. The Morgan fingerprint density at radius 2 is 2.00 bits per heavy atom. The summed E-state index contributed by atoms with van der Waals surface area (Å²) in [6, 6.07) is 6.21. The van der Waals surface area contributed by atoms with E-state index in [1.165, 1.54) is 22.2 Å². The Morgan fingerprint density at radius 3 is 2.65 bits per heavy atom. The van der Waals surface area contributed by atoms with Gasteiger partial charge in [-0.1, -0.05) is 20.8 Å². The molecular formula is C17H26N2O. The Hall–Kier alpha value is -1.48. The maximum atomic E-state index is 5.33. The molecule has 2 aromatic rings. The van der Waals surface area contributed by atoms with Gasteiger partial charge in [0, 0.05) is 23.1 Å². The van der Waals surface area contributed by atoms with Crippen molar-refractivity contribution in [2.45, 2.75) is 34.1 Å². The fraction of sp³-hybridized carbons (Fsp3) is 0.529. The maximum Gasteiger partial charge on any atom is 0.119 e. The highest BCUT2D eigenvalue weighted by atomic mass is 16.5. The molecule has 0 spiro atoms. The number of H-pyrrole nitrogens is 1. The molecule has 3 nitrogen and oxygen atoms in total. The van der Waals surface area contributed by atoms with Gasteiger partial charge in [-0.25, -0.2) is 0 Å². The molecule has 0 bridgehead atoms. The molecule has 0 saturated heterocycles. The van der Waals surface area contributed by atoms with Crippen molar-refractivity contribution in [3.63, 3.8) is 0 Å². The molecule has 0 atom stereocenters. The van der Waals surface area contributed by atoms with E-state index in [0.29, 0.717) is 5.41 Å². The number of methoxy groups -OCH3 is 1. The zero-order valence-electron chi connectivity index (χ0n) is 13.3. The molecule has 0 aliphatic rings. The first-order valence-corrected chi connectivity index (χ1v) is 7.26. The third-order valence-corrected chi connectivity index (χ3v) is 3.53. The molecule has 1 heterocycles. The normalized spacial score (nSPS) is 12.1. The van der Waals surface area contributed by atoms with Crippen LogP contribution in [0.3, 0.4) is 0 Å². The molecule has 3 heteroatoms. The van der Waals surface area contributed by atoms with Crippen molar-refractivity contribution in [2.75, 3.05) is 20.2 Å². The quantitative estimate of drug-likeness (QED) is 0.816. The van der Waals surface area contributed by atoms with E-state index >= 15 is 0 Å². The lowest BCUT2D eigenvalue weighted by Gasteiger charge is -2.18. The summed E-state index contributed by atoms with van der Waals surface area (Å²) < 4.78 is 5.33. The van der Waals surface area contributed by atoms with Crippen LogP contribution < -0.4 is 10.1 Å². The number of fused-ring (bicyclic) bond motifs is 1. The minimum absolute atomic E-state index is 0.332. The summed E-state index contributed by atoms with van der Waals surface area (Å²) in [5.74, 6) is 0.917. The molecule has 2 rings (SSSR count). The van der Waals surface area contributed by atoms with Gasteiger partial charge in [-0.15, -0.1) is 0 Å². The summed E-state index contributed by atoms with van der Waals surface area (Å²) >= 11 is 0. The van der Waals surface area contributed by atoms with E-state index in [1.807, 2.05) is 6.07 Å². The molecule has 1 aromatic heterocycles. The van der Waals surface area contributed by atoms with Crippen molar-refractivity contribution in [2.24, 2.45) is 5.41 Å². The third kappa shape index (κ3) is 3.54. The number of benzene rings is 1. The van der Waals surface area contributed by atoms with Gasteiger partial charge in [0.05, 0.1) is 7.11 Å². The summed E-state index contributed by atoms with van der Waals surface area (Å²) in [7, 11) is 1.71. The van der Waals surface area contributed by atoms with Crippen LogP contribution in [0.25, 0.3) is 10.9 Å². The SMILES string of the molecule is COc1ccc2[nH]c(C)c(CCNCC(C)(C)C)c2c1. The molecule has 2 N–H and O–H groups in total. The first-order valence-electron chi connectivity index (χ1n) is 7.26. The van der Waals surface area contributed by atoms with Crippen molar-refractivity contribution in [3.05, 3.63) is 29.5 Å². The number of hydrogen-bond acceptors (Lipinski definition) is 2. The Bertz CT molecular complexity index is 578. The molecule has 0 fully saturated rings. The minimum atomic E-state index is 0.332. The van der Waals surface area contributed by atoms with Gasteiger partial charge in [-0.3, -0.25) is 0 Å². The summed E-state index contributed by atoms with van der Waals surface area (Å²) in [5, 5.41) is 4.82. The standard InChI is InChI=1S/C17H26N2O/c1-12-14(8-9-18-11-17(2,3)4)15-10-13(20-5)6-7-16(15)19-12/h6-7,10,18-19H,8-9,11H2,1-5H3. The maximum absolute atomic E-state index is 5.33. The molecule has 20 heavy (non-hydrogen) atoms. The number of rotatable bonds is 5. The summed E-state index contributed by atoms with van der Waals surface area (Å²) in [4.78, 5) is 3.45. The molecule has 110 valence electrons. The van der Waals surface area contributed by atoms with Crippen LogP contribution in [0, 0.1) is 12.3 Å². The van der Waals surface area contributed by atoms with Gasteiger partial charge < -0.3 is 15.0 Å². The predicted octanol–water partition coefficient (Wildman–Crippen LogP) is 3.66. The van der Waals surface area contributed by atoms with Crippen LogP contribution in [-0.2, 0) is 6.42 Å². The summed E-state index contributed by atoms with van der Waals surface area (Å²) in [6.45, 7) is 10.9. The fourth-order valence-electron chi connectivity index (χ4n) is 2.49. The van der Waals surface area contributed by atoms with Crippen LogP contribution >= 0.6 is 0 Å². The molecule has 0 saturated carbocycles. The van der Waals surface area contributed by atoms with Crippen LogP contribution in [0.2, 0.25) is 0 Å². The lowest BCUT2D eigenvalue weighted by Crippen LogP contribution is -2.28. The van der Waals surface area contributed by atoms with E-state index < -0.39 is 0 Å². The second kappa shape index (κ2) is 5.88. The monoisotopic (exact) mass is 274 g/mol. The van der Waals surface area contributed by atoms with Gasteiger partial charge >= 0.3 is 0 Å². The Labute approximate surface area is 121 Å². The van der Waals surface area contributed by atoms with E-state index in [1.54, 1.807) is 7.11 Å². The number of hydrogen-bond donors (Lipinski definition) is 2. The van der Waals surface area contributed by atoms with Crippen LogP contribution in [0.4, 0.5) is 0 Å². The largest absolute Gasteiger partial charge is 0.497 e. The van der Waals surface area contributed by atoms with Crippen LogP contribution in [0.1, 0.15) is 32.0 Å². The smallest absolute Gasteiger partial charge is 0.119 e. The van der Waals surface area contributed by atoms with Crippen molar-refractivity contribution < 1.29 is 4.74 Å². The van der Waals surface area contributed by atoms with Crippen LogP contribution in [0.5, 0.6) is 5.75 Å². The van der Waals surface area contributed by atoms with Crippen LogP contribution in [-0.4, -0.2) is 25.2 Å². The predicted molar refractivity (Wildman–Crippen MR) is 85.6 cm³/mol. The number of aryl methyl sites for hydroxylation is 1.